The van der Waals surface area contributed by atoms with Gasteiger partial charge in [-0.25, -0.2) is 22.2 Å². The third-order valence-corrected chi connectivity index (χ3v) is 6.71. The maximum Gasteiger partial charge on any atom is 0.243 e. The SMILES string of the molecule is Cc1cccc(Nc2ccc(N3CCN(S(=O)(=O)c4cc(F)cc(F)c4)CC3)nn2)n1. The van der Waals surface area contributed by atoms with Crippen molar-refractivity contribution in [1.82, 2.24) is 19.5 Å². The largest absolute Gasteiger partial charge is 0.352 e. The summed E-state index contributed by atoms with van der Waals surface area (Å²) in [5.74, 6) is -0.0495. The molecule has 3 aromatic rings. The number of sulfonamides is 1. The Morgan fingerprint density at radius 3 is 2.23 bits per heavy atom. The number of hydrogen-bond donors (Lipinski definition) is 1. The Kier molecular flexibility index (Phi) is 5.79. The molecule has 0 atom stereocenters. The van der Waals surface area contributed by atoms with E-state index in [0.29, 0.717) is 36.6 Å². The van der Waals surface area contributed by atoms with Crippen LogP contribution in [-0.2, 0) is 10.0 Å². The Bertz CT molecular complexity index is 1160. The summed E-state index contributed by atoms with van der Waals surface area (Å²) in [4.78, 5) is 5.86. The summed E-state index contributed by atoms with van der Waals surface area (Å²) in [6.07, 6.45) is 0. The van der Waals surface area contributed by atoms with E-state index in [1.807, 2.05) is 30.0 Å². The van der Waals surface area contributed by atoms with Crippen molar-refractivity contribution in [3.63, 3.8) is 0 Å². The van der Waals surface area contributed by atoms with Crippen LogP contribution < -0.4 is 10.2 Å². The van der Waals surface area contributed by atoms with Gasteiger partial charge in [0.25, 0.3) is 0 Å². The van der Waals surface area contributed by atoms with E-state index >= 15 is 0 Å². The van der Waals surface area contributed by atoms with Crippen LogP contribution >= 0.6 is 0 Å². The van der Waals surface area contributed by atoms with Crippen molar-refractivity contribution in [2.24, 2.45) is 0 Å². The quantitative estimate of drug-likeness (QED) is 0.644. The molecule has 1 aliphatic heterocycles. The van der Waals surface area contributed by atoms with Gasteiger partial charge >= 0.3 is 0 Å². The number of hydrogen-bond acceptors (Lipinski definition) is 7. The van der Waals surface area contributed by atoms with E-state index in [2.05, 4.69) is 20.5 Å². The number of aromatic nitrogens is 3. The molecule has 1 aromatic carbocycles. The van der Waals surface area contributed by atoms with E-state index in [9.17, 15) is 17.2 Å². The van der Waals surface area contributed by atoms with Gasteiger partial charge in [0.05, 0.1) is 4.90 Å². The number of anilines is 3. The first kappa shape index (κ1) is 21.1. The minimum absolute atomic E-state index is 0.162. The Hall–Kier alpha value is -3.18. The molecule has 0 bridgehead atoms. The average Bonchev–Trinajstić information content (AvgIpc) is 2.74. The topological polar surface area (TPSA) is 91.3 Å². The van der Waals surface area contributed by atoms with Crippen LogP contribution in [0.1, 0.15) is 5.69 Å². The highest BCUT2D eigenvalue weighted by Gasteiger charge is 2.29. The number of nitrogens with one attached hydrogen (secondary N) is 1. The van der Waals surface area contributed by atoms with Crippen LogP contribution in [-0.4, -0.2) is 54.1 Å². The second-order valence-corrected chi connectivity index (χ2v) is 9.00. The maximum atomic E-state index is 13.4. The van der Waals surface area contributed by atoms with E-state index in [-0.39, 0.29) is 13.1 Å². The molecule has 1 fully saturated rings. The normalized spacial score (nSPS) is 15.1. The first-order valence-electron chi connectivity index (χ1n) is 9.57. The highest BCUT2D eigenvalue weighted by molar-refractivity contribution is 7.89. The van der Waals surface area contributed by atoms with Crippen LogP contribution in [0.5, 0.6) is 0 Å². The van der Waals surface area contributed by atoms with Crippen LogP contribution in [0.4, 0.5) is 26.2 Å². The predicted molar refractivity (Wildman–Crippen MR) is 112 cm³/mol. The lowest BCUT2D eigenvalue weighted by molar-refractivity contribution is 0.383. The minimum Gasteiger partial charge on any atom is -0.352 e. The van der Waals surface area contributed by atoms with E-state index in [0.717, 1.165) is 17.8 Å². The predicted octanol–water partition coefficient (Wildman–Crippen LogP) is 2.71. The fraction of sp³-hybridized carbons (Fsp3) is 0.250. The van der Waals surface area contributed by atoms with Gasteiger partial charge in [-0.3, -0.25) is 0 Å². The zero-order chi connectivity index (χ0) is 22.0. The van der Waals surface area contributed by atoms with Crippen molar-refractivity contribution < 1.29 is 17.2 Å². The van der Waals surface area contributed by atoms with Gasteiger partial charge in [0, 0.05) is 37.9 Å². The Morgan fingerprint density at radius 2 is 1.61 bits per heavy atom. The maximum absolute atomic E-state index is 13.4. The average molecular weight is 446 g/mol. The van der Waals surface area contributed by atoms with Crippen molar-refractivity contribution in [2.45, 2.75) is 11.8 Å². The van der Waals surface area contributed by atoms with Crippen LogP contribution in [0.3, 0.4) is 0 Å². The Labute approximate surface area is 178 Å². The molecule has 11 heteroatoms. The second kappa shape index (κ2) is 8.52. The summed E-state index contributed by atoms with van der Waals surface area (Å²) in [5, 5.41) is 11.4. The van der Waals surface area contributed by atoms with Gasteiger partial charge in [0.2, 0.25) is 10.0 Å². The van der Waals surface area contributed by atoms with Gasteiger partial charge < -0.3 is 10.2 Å². The van der Waals surface area contributed by atoms with E-state index in [4.69, 9.17) is 0 Å². The molecule has 1 aliphatic rings. The van der Waals surface area contributed by atoms with Gasteiger partial charge in [0.15, 0.2) is 11.6 Å². The Morgan fingerprint density at radius 1 is 0.903 bits per heavy atom. The molecule has 1 saturated heterocycles. The van der Waals surface area contributed by atoms with Gasteiger partial charge in [-0.05, 0) is 43.3 Å². The smallest absolute Gasteiger partial charge is 0.243 e. The van der Waals surface area contributed by atoms with Crippen LogP contribution in [0.15, 0.2) is 53.4 Å². The summed E-state index contributed by atoms with van der Waals surface area (Å²) in [7, 11) is -3.98. The summed E-state index contributed by atoms with van der Waals surface area (Å²) >= 11 is 0. The number of aryl methyl sites for hydroxylation is 1. The minimum atomic E-state index is -3.98. The lowest BCUT2D eigenvalue weighted by atomic mass is 10.3. The molecular weight excluding hydrogens is 426 g/mol. The van der Waals surface area contributed by atoms with Crippen molar-refractivity contribution >= 4 is 27.5 Å². The third kappa shape index (κ3) is 4.78. The van der Waals surface area contributed by atoms with Gasteiger partial charge in [0.1, 0.15) is 17.5 Å². The molecule has 0 unspecified atom stereocenters. The number of pyridine rings is 1. The van der Waals surface area contributed by atoms with Gasteiger partial charge in [-0.2, -0.15) is 4.31 Å². The second-order valence-electron chi connectivity index (χ2n) is 7.06. The fourth-order valence-corrected chi connectivity index (χ4v) is 4.75. The molecule has 1 N–H and O–H groups in total. The molecule has 0 saturated carbocycles. The first-order chi connectivity index (χ1) is 14.8. The number of halogens is 2. The first-order valence-corrected chi connectivity index (χ1v) is 11.0. The molecular formula is C20H20F2N6O2S. The molecule has 31 heavy (non-hydrogen) atoms. The summed E-state index contributed by atoms with van der Waals surface area (Å²) in [5.41, 5.74) is 0.878. The molecule has 162 valence electrons. The summed E-state index contributed by atoms with van der Waals surface area (Å²) < 4.78 is 53.5. The lowest BCUT2D eigenvalue weighted by Gasteiger charge is -2.34. The molecule has 0 radical (unpaired) electrons. The van der Waals surface area contributed by atoms with Crippen molar-refractivity contribution in [3.8, 4) is 0 Å². The summed E-state index contributed by atoms with van der Waals surface area (Å²) in [6.45, 7) is 2.96. The van der Waals surface area contributed by atoms with Crippen LogP contribution in [0.25, 0.3) is 0 Å². The Balaban J connectivity index is 1.40. The van der Waals surface area contributed by atoms with Crippen molar-refractivity contribution in [3.05, 3.63) is 65.9 Å². The standard InChI is InChI=1S/C20H20F2N6O2S/c1-14-3-2-4-18(23-14)24-19-5-6-20(26-25-19)27-7-9-28(10-8-27)31(29,30)17-12-15(21)11-16(22)13-17/h2-6,11-13H,7-10H2,1H3,(H,23,24,25). The third-order valence-electron chi connectivity index (χ3n) is 4.83. The monoisotopic (exact) mass is 446 g/mol. The van der Waals surface area contributed by atoms with Crippen LogP contribution in [0.2, 0.25) is 0 Å². The highest BCUT2D eigenvalue weighted by Crippen LogP contribution is 2.22. The number of rotatable bonds is 5. The van der Waals surface area contributed by atoms with E-state index < -0.39 is 26.6 Å². The highest BCUT2D eigenvalue weighted by atomic mass is 32.2. The fourth-order valence-electron chi connectivity index (χ4n) is 3.29. The van der Waals surface area contributed by atoms with Gasteiger partial charge in [-0.15, -0.1) is 10.2 Å². The lowest BCUT2D eigenvalue weighted by Crippen LogP contribution is -2.49. The molecule has 0 spiro atoms. The summed E-state index contributed by atoms with van der Waals surface area (Å²) in [6, 6.07) is 11.5. The molecule has 0 aliphatic carbocycles. The molecule has 2 aromatic heterocycles. The van der Waals surface area contributed by atoms with E-state index in [1.54, 1.807) is 12.1 Å². The van der Waals surface area contributed by atoms with Crippen LogP contribution in [0, 0.1) is 18.6 Å². The molecule has 0 amide bonds. The van der Waals surface area contributed by atoms with Crippen molar-refractivity contribution in [2.75, 3.05) is 36.4 Å². The number of piperazine rings is 1. The van der Waals surface area contributed by atoms with Gasteiger partial charge in [-0.1, -0.05) is 6.07 Å². The molecule has 3 heterocycles. The number of benzene rings is 1. The molecule has 8 nitrogen and oxygen atoms in total. The zero-order valence-electron chi connectivity index (χ0n) is 16.7. The zero-order valence-corrected chi connectivity index (χ0v) is 17.5. The molecule has 4 rings (SSSR count). The van der Waals surface area contributed by atoms with E-state index in [1.165, 1.54) is 4.31 Å². The number of nitrogens with zero attached hydrogens (tertiary/aromatic N) is 5. The van der Waals surface area contributed by atoms with Crippen molar-refractivity contribution in [1.29, 1.82) is 0 Å².